The third kappa shape index (κ3) is 5.42. The van der Waals surface area contributed by atoms with Gasteiger partial charge in [-0.3, -0.25) is 14.4 Å². The molecule has 0 saturated heterocycles. The van der Waals surface area contributed by atoms with Crippen LogP contribution in [0.5, 0.6) is 0 Å². The lowest BCUT2D eigenvalue weighted by molar-refractivity contribution is -0.476. The average Bonchev–Trinajstić information content (AvgIpc) is 2.31. The molecule has 3 heteroatoms. The minimum Gasteiger partial charge on any atom is -0.270 e. The highest BCUT2D eigenvalue weighted by molar-refractivity contribution is 5.75. The van der Waals surface area contributed by atoms with Crippen molar-refractivity contribution in [2.24, 2.45) is 0 Å². The third-order valence-electron chi connectivity index (χ3n) is 3.00. The fourth-order valence-electron chi connectivity index (χ4n) is 2.20. The molecule has 0 amide bonds. The molecule has 0 radical (unpaired) electrons. The smallest absolute Gasteiger partial charge is 0.270 e. The SMILES string of the molecule is CCCCN(CCC)C(N(CC)CC)=[N+](C)C. The molecule has 17 heavy (non-hydrogen) atoms. The van der Waals surface area contributed by atoms with Crippen LogP contribution in [-0.2, 0) is 0 Å². The van der Waals surface area contributed by atoms with E-state index >= 15 is 0 Å². The molecule has 102 valence electrons. The lowest BCUT2D eigenvalue weighted by Gasteiger charge is -2.27. The maximum Gasteiger partial charge on any atom is 0.350 e. The van der Waals surface area contributed by atoms with Gasteiger partial charge in [0.15, 0.2) is 0 Å². The van der Waals surface area contributed by atoms with E-state index < -0.39 is 0 Å². The first-order valence-corrected chi connectivity index (χ1v) is 7.16. The Morgan fingerprint density at radius 2 is 1.41 bits per heavy atom. The molecule has 0 fully saturated rings. The maximum atomic E-state index is 2.54. The van der Waals surface area contributed by atoms with Gasteiger partial charge in [-0.25, -0.2) is 0 Å². The van der Waals surface area contributed by atoms with Crippen LogP contribution in [0, 0.1) is 0 Å². The zero-order valence-corrected chi connectivity index (χ0v) is 12.8. The zero-order chi connectivity index (χ0) is 13.3. The van der Waals surface area contributed by atoms with Crippen LogP contribution in [0.1, 0.15) is 47.0 Å². The maximum absolute atomic E-state index is 2.54. The highest BCUT2D eigenvalue weighted by Gasteiger charge is 2.24. The van der Waals surface area contributed by atoms with Gasteiger partial charge in [-0.2, -0.15) is 0 Å². The van der Waals surface area contributed by atoms with Gasteiger partial charge in [0.05, 0.1) is 40.3 Å². The summed E-state index contributed by atoms with van der Waals surface area (Å²) in [4.78, 5) is 4.99. The highest BCUT2D eigenvalue weighted by Crippen LogP contribution is 2.03. The largest absolute Gasteiger partial charge is 0.350 e. The summed E-state index contributed by atoms with van der Waals surface area (Å²) in [7, 11) is 4.31. The van der Waals surface area contributed by atoms with Crippen LogP contribution in [0.2, 0.25) is 0 Å². The van der Waals surface area contributed by atoms with Gasteiger partial charge in [0.25, 0.3) is 0 Å². The van der Waals surface area contributed by atoms with Crippen molar-refractivity contribution in [2.75, 3.05) is 40.3 Å². The van der Waals surface area contributed by atoms with E-state index in [0.717, 1.165) is 19.6 Å². The predicted molar refractivity (Wildman–Crippen MR) is 76.8 cm³/mol. The van der Waals surface area contributed by atoms with Crippen LogP contribution in [0.25, 0.3) is 0 Å². The van der Waals surface area contributed by atoms with Crippen molar-refractivity contribution in [3.05, 3.63) is 0 Å². The monoisotopic (exact) mass is 242 g/mol. The number of unbranched alkanes of at least 4 members (excludes halogenated alkanes) is 1. The number of nitrogens with zero attached hydrogens (tertiary/aromatic N) is 3. The molecule has 3 nitrogen and oxygen atoms in total. The molecule has 0 unspecified atom stereocenters. The standard InChI is InChI=1S/C14H32N3/c1-7-11-13-17(12-8-2)14(15(5)6)16(9-3)10-4/h7-13H2,1-6H3/q+1. The average molecular weight is 242 g/mol. The summed E-state index contributed by atoms with van der Waals surface area (Å²) in [6.07, 6.45) is 3.75. The van der Waals surface area contributed by atoms with Gasteiger partial charge in [-0.15, -0.1) is 0 Å². The fourth-order valence-corrected chi connectivity index (χ4v) is 2.20. The number of hydrogen-bond acceptors (Lipinski definition) is 0. The highest BCUT2D eigenvalue weighted by atomic mass is 15.4. The summed E-state index contributed by atoms with van der Waals surface area (Å²) < 4.78 is 2.26. The molecular weight excluding hydrogens is 210 g/mol. The van der Waals surface area contributed by atoms with E-state index in [1.54, 1.807) is 0 Å². The zero-order valence-electron chi connectivity index (χ0n) is 12.8. The molecule has 0 aromatic rings. The van der Waals surface area contributed by atoms with Crippen LogP contribution in [0.3, 0.4) is 0 Å². The number of guanidine groups is 1. The van der Waals surface area contributed by atoms with E-state index in [4.69, 9.17) is 0 Å². The summed E-state index contributed by atoms with van der Waals surface area (Å²) in [6, 6.07) is 0. The minimum atomic E-state index is 1.08. The van der Waals surface area contributed by atoms with E-state index in [0.29, 0.717) is 0 Å². The Morgan fingerprint density at radius 3 is 1.76 bits per heavy atom. The van der Waals surface area contributed by atoms with E-state index in [-0.39, 0.29) is 0 Å². The van der Waals surface area contributed by atoms with Crippen molar-refractivity contribution < 1.29 is 4.58 Å². The van der Waals surface area contributed by atoms with Crippen LogP contribution in [-0.4, -0.2) is 60.6 Å². The first-order valence-electron chi connectivity index (χ1n) is 7.16. The topological polar surface area (TPSA) is 9.49 Å². The Labute approximate surface area is 108 Å². The van der Waals surface area contributed by atoms with Gasteiger partial charge in [-0.05, 0) is 26.7 Å². The lowest BCUT2D eigenvalue weighted by Crippen LogP contribution is -2.49. The van der Waals surface area contributed by atoms with Gasteiger partial charge < -0.3 is 0 Å². The van der Waals surface area contributed by atoms with Gasteiger partial charge in [-0.1, -0.05) is 20.3 Å². The second-order valence-corrected chi connectivity index (χ2v) is 4.71. The van der Waals surface area contributed by atoms with Gasteiger partial charge in [0.2, 0.25) is 0 Å². The van der Waals surface area contributed by atoms with Crippen molar-refractivity contribution in [3.8, 4) is 0 Å². The normalized spacial score (nSPS) is 10.2. The molecular formula is C14H32N3+. The Hall–Kier alpha value is -0.730. The third-order valence-corrected chi connectivity index (χ3v) is 3.00. The molecule has 0 aromatic heterocycles. The van der Waals surface area contributed by atoms with E-state index in [1.165, 1.54) is 31.8 Å². The first-order chi connectivity index (χ1) is 8.12. The summed E-state index contributed by atoms with van der Waals surface area (Å²) in [6.45, 7) is 13.5. The van der Waals surface area contributed by atoms with Gasteiger partial charge >= 0.3 is 5.96 Å². The van der Waals surface area contributed by atoms with Gasteiger partial charge in [0, 0.05) is 0 Å². The van der Waals surface area contributed by atoms with Crippen molar-refractivity contribution >= 4 is 5.96 Å². The summed E-state index contributed by atoms with van der Waals surface area (Å²) in [5.74, 6) is 1.38. The van der Waals surface area contributed by atoms with Crippen molar-refractivity contribution in [2.45, 2.75) is 47.0 Å². The molecule has 0 bridgehead atoms. The van der Waals surface area contributed by atoms with Crippen LogP contribution in [0.4, 0.5) is 0 Å². The summed E-state index contributed by atoms with van der Waals surface area (Å²) >= 11 is 0. The van der Waals surface area contributed by atoms with E-state index in [9.17, 15) is 0 Å². The predicted octanol–water partition coefficient (Wildman–Crippen LogP) is 2.47. The second kappa shape index (κ2) is 9.32. The molecule has 0 spiro atoms. The lowest BCUT2D eigenvalue weighted by atomic mass is 10.3. The van der Waals surface area contributed by atoms with E-state index in [1.807, 2.05) is 0 Å². The van der Waals surface area contributed by atoms with Gasteiger partial charge in [0.1, 0.15) is 0 Å². The summed E-state index contributed by atoms with van der Waals surface area (Å²) in [5.41, 5.74) is 0. The second-order valence-electron chi connectivity index (χ2n) is 4.71. The Balaban J connectivity index is 4.89. The van der Waals surface area contributed by atoms with E-state index in [2.05, 4.69) is 56.2 Å². The Bertz CT molecular complexity index is 216. The molecule has 0 saturated carbocycles. The first kappa shape index (κ1) is 16.3. The molecule has 0 rings (SSSR count). The van der Waals surface area contributed by atoms with Crippen molar-refractivity contribution in [1.82, 2.24) is 9.80 Å². The molecule has 0 aliphatic carbocycles. The number of hydrogen-bond donors (Lipinski definition) is 0. The van der Waals surface area contributed by atoms with Crippen LogP contribution in [0.15, 0.2) is 0 Å². The quantitative estimate of drug-likeness (QED) is 0.385. The fraction of sp³-hybridized carbons (Fsp3) is 0.929. The Kier molecular flexibility index (Phi) is 8.92. The molecule has 0 atom stereocenters. The molecule has 0 heterocycles. The Morgan fingerprint density at radius 1 is 0.824 bits per heavy atom. The summed E-state index contributed by atoms with van der Waals surface area (Å²) in [5, 5.41) is 0. The molecule has 0 aliphatic heterocycles. The molecule has 0 aromatic carbocycles. The molecule has 0 aliphatic rings. The number of rotatable bonds is 7. The van der Waals surface area contributed by atoms with Crippen LogP contribution < -0.4 is 0 Å². The van der Waals surface area contributed by atoms with Crippen molar-refractivity contribution in [1.29, 1.82) is 0 Å². The molecule has 0 N–H and O–H groups in total. The van der Waals surface area contributed by atoms with Crippen LogP contribution >= 0.6 is 0 Å². The minimum absolute atomic E-state index is 1.08. The van der Waals surface area contributed by atoms with Crippen molar-refractivity contribution in [3.63, 3.8) is 0 Å².